The summed E-state index contributed by atoms with van der Waals surface area (Å²) < 4.78 is 5.17. The Morgan fingerprint density at radius 1 is 1.00 bits per heavy atom. The van der Waals surface area contributed by atoms with Gasteiger partial charge in [0.2, 0.25) is 5.78 Å². The third-order valence-corrected chi connectivity index (χ3v) is 5.10. The Morgan fingerprint density at radius 3 is 2.42 bits per heavy atom. The van der Waals surface area contributed by atoms with Gasteiger partial charge in [-0.15, -0.1) is 11.3 Å². The molecule has 4 nitrogen and oxygen atoms in total. The highest BCUT2D eigenvalue weighted by Crippen LogP contribution is 2.23. The van der Waals surface area contributed by atoms with Crippen LogP contribution >= 0.6 is 11.3 Å². The molecular formula is C21H19NO3S. The number of aromatic nitrogens is 1. The Kier molecular flexibility index (Phi) is 5.28. The largest absolute Gasteiger partial charge is 0.453 e. The molecule has 2 aromatic carbocycles. The summed E-state index contributed by atoms with van der Waals surface area (Å²) in [6.07, 6.45) is 0. The molecule has 3 rings (SSSR count). The number of ketones is 1. The normalized spacial score (nSPS) is 10.6. The van der Waals surface area contributed by atoms with Gasteiger partial charge in [0.15, 0.2) is 12.3 Å². The van der Waals surface area contributed by atoms with Crippen LogP contribution in [0.3, 0.4) is 0 Å². The lowest BCUT2D eigenvalue weighted by Gasteiger charge is -2.09. The predicted molar refractivity (Wildman–Crippen MR) is 103 cm³/mol. The zero-order valence-electron chi connectivity index (χ0n) is 14.9. The molecule has 3 aromatic rings. The summed E-state index contributed by atoms with van der Waals surface area (Å²) >= 11 is 1.37. The minimum absolute atomic E-state index is 0.211. The number of nitrogens with zero attached hydrogens (tertiary/aromatic N) is 1. The van der Waals surface area contributed by atoms with Crippen molar-refractivity contribution in [3.63, 3.8) is 0 Å². The third kappa shape index (κ3) is 3.89. The number of aryl methyl sites for hydroxylation is 3. The van der Waals surface area contributed by atoms with Crippen LogP contribution in [0.25, 0.3) is 10.6 Å². The second-order valence-electron chi connectivity index (χ2n) is 6.15. The quantitative estimate of drug-likeness (QED) is 0.482. The molecule has 0 spiro atoms. The molecule has 0 radical (unpaired) electrons. The Hall–Kier alpha value is -2.79. The molecule has 0 amide bonds. The number of carbonyl (C=O) groups excluding carboxylic acids is 2. The van der Waals surface area contributed by atoms with E-state index in [2.05, 4.69) is 4.98 Å². The second kappa shape index (κ2) is 7.62. The van der Waals surface area contributed by atoms with Gasteiger partial charge in [0.25, 0.3) is 0 Å². The zero-order valence-corrected chi connectivity index (χ0v) is 15.7. The van der Waals surface area contributed by atoms with E-state index in [1.54, 1.807) is 5.38 Å². The van der Waals surface area contributed by atoms with Crippen molar-refractivity contribution in [2.45, 2.75) is 20.8 Å². The summed E-state index contributed by atoms with van der Waals surface area (Å²) in [5, 5.41) is 2.39. The number of hydrogen-bond donors (Lipinski definition) is 0. The van der Waals surface area contributed by atoms with Crippen LogP contribution < -0.4 is 0 Å². The van der Waals surface area contributed by atoms with Gasteiger partial charge in [-0.2, -0.15) is 0 Å². The number of esters is 1. The molecule has 0 atom stereocenters. The Balaban J connectivity index is 1.67. The minimum atomic E-state index is -0.585. The Morgan fingerprint density at radius 2 is 1.69 bits per heavy atom. The van der Waals surface area contributed by atoms with Crippen molar-refractivity contribution in [1.82, 2.24) is 4.98 Å². The van der Waals surface area contributed by atoms with Gasteiger partial charge >= 0.3 is 5.97 Å². The molecule has 0 fully saturated rings. The maximum Gasteiger partial charge on any atom is 0.358 e. The fourth-order valence-corrected chi connectivity index (χ4v) is 3.42. The summed E-state index contributed by atoms with van der Waals surface area (Å²) in [5.74, 6) is -0.796. The van der Waals surface area contributed by atoms with E-state index < -0.39 is 5.97 Å². The average Bonchev–Trinajstić information content (AvgIpc) is 3.13. The molecule has 0 bridgehead atoms. The lowest BCUT2D eigenvalue weighted by molar-refractivity contribution is 0.0469. The van der Waals surface area contributed by atoms with Gasteiger partial charge in [-0.3, -0.25) is 4.79 Å². The van der Waals surface area contributed by atoms with Crippen LogP contribution in [0.4, 0.5) is 0 Å². The van der Waals surface area contributed by atoms with E-state index in [1.165, 1.54) is 11.3 Å². The lowest BCUT2D eigenvalue weighted by Crippen LogP contribution is -2.15. The van der Waals surface area contributed by atoms with Crippen molar-refractivity contribution < 1.29 is 14.3 Å². The molecule has 0 unspecified atom stereocenters. The smallest absolute Gasteiger partial charge is 0.358 e. The molecule has 0 aliphatic heterocycles. The van der Waals surface area contributed by atoms with E-state index in [4.69, 9.17) is 4.74 Å². The first-order valence-corrected chi connectivity index (χ1v) is 9.13. The molecule has 0 aliphatic carbocycles. The number of rotatable bonds is 5. The van der Waals surface area contributed by atoms with Gasteiger partial charge in [-0.25, -0.2) is 9.78 Å². The summed E-state index contributed by atoms with van der Waals surface area (Å²) in [6.45, 7) is 5.55. The van der Waals surface area contributed by atoms with Crippen molar-refractivity contribution in [2.75, 3.05) is 6.61 Å². The van der Waals surface area contributed by atoms with E-state index in [0.717, 1.165) is 27.3 Å². The first-order valence-electron chi connectivity index (χ1n) is 8.25. The molecule has 0 aliphatic rings. The SMILES string of the molecule is Cc1cc(C)c(C(=O)COC(=O)c2csc(-c3ccccc3)n2)cc1C. The van der Waals surface area contributed by atoms with Crippen LogP contribution in [-0.4, -0.2) is 23.3 Å². The van der Waals surface area contributed by atoms with Crippen LogP contribution in [0.1, 0.15) is 37.5 Å². The van der Waals surface area contributed by atoms with Gasteiger partial charge in [-0.1, -0.05) is 36.4 Å². The van der Waals surface area contributed by atoms with Crippen LogP contribution in [0.2, 0.25) is 0 Å². The maximum absolute atomic E-state index is 12.4. The molecule has 1 heterocycles. The van der Waals surface area contributed by atoms with E-state index in [0.29, 0.717) is 5.56 Å². The molecule has 5 heteroatoms. The average molecular weight is 365 g/mol. The molecule has 0 N–H and O–H groups in total. The second-order valence-corrected chi connectivity index (χ2v) is 7.01. The monoisotopic (exact) mass is 365 g/mol. The third-order valence-electron chi connectivity index (χ3n) is 4.21. The topological polar surface area (TPSA) is 56.3 Å². The van der Waals surface area contributed by atoms with Crippen molar-refractivity contribution in [3.05, 3.63) is 75.8 Å². The Labute approximate surface area is 156 Å². The first-order chi connectivity index (χ1) is 12.5. The number of Topliss-reactive ketones (excluding diaryl/α,β-unsaturated/α-hetero) is 1. The van der Waals surface area contributed by atoms with Gasteiger partial charge in [0.05, 0.1) is 0 Å². The fraction of sp³-hybridized carbons (Fsp3) is 0.190. The van der Waals surface area contributed by atoms with Crippen molar-refractivity contribution in [3.8, 4) is 10.6 Å². The highest BCUT2D eigenvalue weighted by Gasteiger charge is 2.17. The molecule has 0 saturated heterocycles. The van der Waals surface area contributed by atoms with E-state index in [1.807, 2.05) is 63.2 Å². The number of benzene rings is 2. The van der Waals surface area contributed by atoms with E-state index in [-0.39, 0.29) is 18.1 Å². The predicted octanol–water partition coefficient (Wildman–Crippen LogP) is 4.78. The summed E-state index contributed by atoms with van der Waals surface area (Å²) in [7, 11) is 0. The summed E-state index contributed by atoms with van der Waals surface area (Å²) in [5.41, 5.74) is 4.81. The summed E-state index contributed by atoms with van der Waals surface area (Å²) in [4.78, 5) is 28.9. The van der Waals surface area contributed by atoms with Crippen LogP contribution in [-0.2, 0) is 4.74 Å². The van der Waals surface area contributed by atoms with E-state index >= 15 is 0 Å². The molecular weight excluding hydrogens is 346 g/mol. The van der Waals surface area contributed by atoms with Crippen molar-refractivity contribution >= 4 is 23.1 Å². The lowest BCUT2D eigenvalue weighted by atomic mass is 9.98. The molecule has 1 aromatic heterocycles. The Bertz CT molecular complexity index is 961. The molecule has 132 valence electrons. The van der Waals surface area contributed by atoms with Crippen molar-refractivity contribution in [2.24, 2.45) is 0 Å². The van der Waals surface area contributed by atoms with Gasteiger partial charge in [-0.05, 0) is 43.5 Å². The number of ether oxygens (including phenoxy) is 1. The zero-order chi connectivity index (χ0) is 18.7. The minimum Gasteiger partial charge on any atom is -0.453 e. The van der Waals surface area contributed by atoms with Crippen LogP contribution in [0.15, 0.2) is 47.8 Å². The van der Waals surface area contributed by atoms with E-state index in [9.17, 15) is 9.59 Å². The summed E-state index contributed by atoms with van der Waals surface area (Å²) in [6, 6.07) is 13.4. The number of carbonyl (C=O) groups is 2. The van der Waals surface area contributed by atoms with Gasteiger partial charge in [0, 0.05) is 16.5 Å². The first kappa shape index (κ1) is 18.0. The van der Waals surface area contributed by atoms with Crippen molar-refractivity contribution in [1.29, 1.82) is 0 Å². The van der Waals surface area contributed by atoms with Gasteiger partial charge < -0.3 is 4.74 Å². The van der Waals surface area contributed by atoms with Gasteiger partial charge in [0.1, 0.15) is 5.01 Å². The molecule has 0 saturated carbocycles. The number of hydrogen-bond acceptors (Lipinski definition) is 5. The standard InChI is InChI=1S/C21H19NO3S/c1-13-9-15(3)17(10-14(13)2)19(23)11-25-21(24)18-12-26-20(22-18)16-7-5-4-6-8-16/h4-10,12H,11H2,1-3H3. The molecule has 26 heavy (non-hydrogen) atoms. The van der Waals surface area contributed by atoms with Crippen LogP contribution in [0.5, 0.6) is 0 Å². The highest BCUT2D eigenvalue weighted by atomic mass is 32.1. The highest BCUT2D eigenvalue weighted by molar-refractivity contribution is 7.13. The number of thiazole rings is 1. The fourth-order valence-electron chi connectivity index (χ4n) is 2.62. The maximum atomic E-state index is 12.4. The van der Waals surface area contributed by atoms with Crippen LogP contribution in [0, 0.1) is 20.8 Å².